The zero-order valence-electron chi connectivity index (χ0n) is 13.7. The van der Waals surface area contributed by atoms with E-state index in [4.69, 9.17) is 4.74 Å². The molecule has 0 aromatic rings. The molecule has 6 heteroatoms. The monoisotopic (exact) mass is 308 g/mol. The zero-order chi connectivity index (χ0) is 16.0. The van der Waals surface area contributed by atoms with Gasteiger partial charge in [-0.25, -0.2) is 4.99 Å². The van der Waals surface area contributed by atoms with Gasteiger partial charge >= 0.3 is 0 Å². The maximum Gasteiger partial charge on any atom is 0.243 e. The summed E-state index contributed by atoms with van der Waals surface area (Å²) in [7, 11) is 3.47. The Bertz CT molecular complexity index is 430. The number of nitrogens with zero attached hydrogens (tertiary/aromatic N) is 2. The summed E-state index contributed by atoms with van der Waals surface area (Å²) in [4.78, 5) is 17.6. The number of amides is 1. The number of nitrogens with one attached hydrogen (secondary N) is 2. The average Bonchev–Trinajstić information content (AvgIpc) is 2.48. The van der Waals surface area contributed by atoms with Crippen molar-refractivity contribution >= 4 is 11.9 Å². The minimum absolute atomic E-state index is 0.0119. The molecule has 1 aliphatic heterocycles. The summed E-state index contributed by atoms with van der Waals surface area (Å²) in [6, 6.07) is 0.347. The van der Waals surface area contributed by atoms with Crippen molar-refractivity contribution in [2.24, 2.45) is 4.99 Å². The molecule has 0 aromatic carbocycles. The van der Waals surface area contributed by atoms with Crippen LogP contribution in [0.2, 0.25) is 0 Å². The topological polar surface area (TPSA) is 66.0 Å². The average molecular weight is 308 g/mol. The van der Waals surface area contributed by atoms with Crippen LogP contribution >= 0.6 is 0 Å². The van der Waals surface area contributed by atoms with Gasteiger partial charge < -0.3 is 20.3 Å². The Morgan fingerprint density at radius 1 is 1.50 bits per heavy atom. The Balaban J connectivity index is 1.91. The number of rotatable bonds is 5. The molecule has 0 radical (unpaired) electrons. The first-order valence-corrected chi connectivity index (χ1v) is 8.04. The van der Waals surface area contributed by atoms with Gasteiger partial charge in [0.15, 0.2) is 5.96 Å². The van der Waals surface area contributed by atoms with Crippen molar-refractivity contribution in [2.45, 2.75) is 43.7 Å². The Kier molecular flexibility index (Phi) is 5.83. The quantitative estimate of drug-likeness (QED) is 0.450. The van der Waals surface area contributed by atoms with E-state index in [1.807, 2.05) is 0 Å². The molecule has 2 N–H and O–H groups in total. The van der Waals surface area contributed by atoms with Gasteiger partial charge in [-0.15, -0.1) is 6.58 Å². The summed E-state index contributed by atoms with van der Waals surface area (Å²) >= 11 is 0. The van der Waals surface area contributed by atoms with E-state index in [2.05, 4.69) is 22.2 Å². The molecule has 2 fully saturated rings. The molecule has 1 heterocycles. The summed E-state index contributed by atoms with van der Waals surface area (Å²) < 4.78 is 5.95. The van der Waals surface area contributed by atoms with Crippen molar-refractivity contribution in [3.8, 4) is 0 Å². The van der Waals surface area contributed by atoms with Gasteiger partial charge in [0, 0.05) is 33.3 Å². The predicted molar refractivity (Wildman–Crippen MR) is 87.9 cm³/mol. The summed E-state index contributed by atoms with van der Waals surface area (Å²) in [6.07, 6.45) is 7.36. The minimum atomic E-state index is -0.0119. The molecule has 1 unspecified atom stereocenters. The maximum absolute atomic E-state index is 11.7. The van der Waals surface area contributed by atoms with Crippen LogP contribution in [-0.4, -0.2) is 62.2 Å². The maximum atomic E-state index is 11.7. The number of carbonyl (C=O) groups is 1. The van der Waals surface area contributed by atoms with Crippen LogP contribution < -0.4 is 10.6 Å². The van der Waals surface area contributed by atoms with Crippen molar-refractivity contribution in [3.05, 3.63) is 12.7 Å². The van der Waals surface area contributed by atoms with Gasteiger partial charge in [0.1, 0.15) is 6.54 Å². The molecule has 1 saturated heterocycles. The second-order valence-corrected chi connectivity index (χ2v) is 6.34. The van der Waals surface area contributed by atoms with Crippen LogP contribution in [0.3, 0.4) is 0 Å². The highest BCUT2D eigenvalue weighted by Crippen LogP contribution is 2.42. The van der Waals surface area contributed by atoms with Crippen molar-refractivity contribution in [3.63, 3.8) is 0 Å². The molecule has 1 spiro atoms. The van der Waals surface area contributed by atoms with E-state index in [0.717, 1.165) is 32.3 Å². The lowest BCUT2D eigenvalue weighted by Gasteiger charge is -2.47. The Hall–Kier alpha value is -1.56. The molecule has 1 saturated carbocycles. The van der Waals surface area contributed by atoms with Crippen molar-refractivity contribution in [1.29, 1.82) is 0 Å². The first-order valence-electron chi connectivity index (χ1n) is 8.04. The Morgan fingerprint density at radius 3 is 2.86 bits per heavy atom. The summed E-state index contributed by atoms with van der Waals surface area (Å²) in [5.41, 5.74) is 0.0962. The number of hydrogen-bond donors (Lipinski definition) is 2. The molecule has 1 atom stereocenters. The number of carbonyl (C=O) groups excluding carboxylic acids is 1. The molecule has 1 aliphatic carbocycles. The highest BCUT2D eigenvalue weighted by atomic mass is 16.5. The molecular formula is C16H28N4O2. The number of likely N-dealkylation sites (N-methyl/N-ethyl adjacent to an activating group) is 1. The second kappa shape index (κ2) is 7.63. The molecule has 2 aliphatic rings. The summed E-state index contributed by atoms with van der Waals surface area (Å²) in [5, 5.41) is 6.63. The lowest BCUT2D eigenvalue weighted by Crippen LogP contribution is -2.54. The molecule has 1 amide bonds. The Labute approximate surface area is 133 Å². The van der Waals surface area contributed by atoms with E-state index in [1.165, 1.54) is 6.42 Å². The number of aliphatic imine (C=N–C) groups is 1. The van der Waals surface area contributed by atoms with E-state index < -0.39 is 0 Å². The fourth-order valence-electron chi connectivity index (χ4n) is 2.87. The normalized spacial score (nSPS) is 23.5. The van der Waals surface area contributed by atoms with Crippen molar-refractivity contribution in [1.82, 2.24) is 15.5 Å². The molecule has 124 valence electrons. The molecular weight excluding hydrogens is 280 g/mol. The molecule has 2 rings (SSSR count). The number of hydrogen-bond acceptors (Lipinski definition) is 3. The van der Waals surface area contributed by atoms with Crippen LogP contribution in [0, 0.1) is 0 Å². The first-order chi connectivity index (χ1) is 10.5. The van der Waals surface area contributed by atoms with Gasteiger partial charge in [-0.3, -0.25) is 4.79 Å². The Morgan fingerprint density at radius 2 is 2.27 bits per heavy atom. The van der Waals surface area contributed by atoms with Gasteiger partial charge in [0.05, 0.1) is 5.60 Å². The van der Waals surface area contributed by atoms with E-state index in [0.29, 0.717) is 18.5 Å². The van der Waals surface area contributed by atoms with Gasteiger partial charge in [-0.2, -0.15) is 0 Å². The van der Waals surface area contributed by atoms with Gasteiger partial charge in [0.2, 0.25) is 5.91 Å². The van der Waals surface area contributed by atoms with E-state index >= 15 is 0 Å². The molecule has 0 aromatic heterocycles. The largest absolute Gasteiger partial charge is 0.375 e. The molecule has 6 nitrogen and oxygen atoms in total. The highest BCUT2D eigenvalue weighted by molar-refractivity contribution is 5.85. The van der Waals surface area contributed by atoms with Crippen LogP contribution in [0.5, 0.6) is 0 Å². The predicted octanol–water partition coefficient (Wildman–Crippen LogP) is 0.898. The van der Waals surface area contributed by atoms with Gasteiger partial charge in [-0.05, 0) is 32.1 Å². The van der Waals surface area contributed by atoms with Gasteiger partial charge in [0.25, 0.3) is 0 Å². The minimum Gasteiger partial charge on any atom is -0.375 e. The smallest absolute Gasteiger partial charge is 0.243 e. The van der Waals surface area contributed by atoms with Crippen LogP contribution in [0.25, 0.3) is 0 Å². The summed E-state index contributed by atoms with van der Waals surface area (Å²) in [5.74, 6) is 0.665. The lowest BCUT2D eigenvalue weighted by molar-refractivity contribution is -0.134. The van der Waals surface area contributed by atoms with Crippen molar-refractivity contribution < 1.29 is 9.53 Å². The van der Waals surface area contributed by atoms with E-state index in [1.54, 1.807) is 25.1 Å². The fraction of sp³-hybridized carbons (Fsp3) is 0.750. The third kappa shape index (κ3) is 4.47. The van der Waals surface area contributed by atoms with Crippen molar-refractivity contribution in [2.75, 3.05) is 33.8 Å². The highest BCUT2D eigenvalue weighted by Gasteiger charge is 2.42. The van der Waals surface area contributed by atoms with E-state index in [9.17, 15) is 4.79 Å². The summed E-state index contributed by atoms with van der Waals surface area (Å²) in [6.45, 7) is 5.27. The number of guanidine groups is 1. The molecule has 22 heavy (non-hydrogen) atoms. The fourth-order valence-corrected chi connectivity index (χ4v) is 2.87. The SMILES string of the molecule is C=CCNC(=NCC(=O)N(C)C)NC1CCOC2(CCC2)C1. The standard InChI is InChI=1S/C16H28N4O2/c1-4-9-17-15(18-12-14(21)20(2)3)19-13-6-10-22-16(11-13)7-5-8-16/h4,13H,1,5-12H2,2-3H3,(H2,17,18,19). The van der Waals surface area contributed by atoms with Gasteiger partial charge in [-0.1, -0.05) is 6.08 Å². The van der Waals surface area contributed by atoms with Crippen LogP contribution in [0.1, 0.15) is 32.1 Å². The van der Waals surface area contributed by atoms with Crippen LogP contribution in [0.4, 0.5) is 0 Å². The lowest BCUT2D eigenvalue weighted by atomic mass is 9.74. The third-order valence-corrected chi connectivity index (χ3v) is 4.38. The second-order valence-electron chi connectivity index (χ2n) is 6.34. The number of ether oxygens (including phenoxy) is 1. The zero-order valence-corrected chi connectivity index (χ0v) is 13.7. The van der Waals surface area contributed by atoms with Crippen LogP contribution in [-0.2, 0) is 9.53 Å². The van der Waals surface area contributed by atoms with Crippen LogP contribution in [0.15, 0.2) is 17.6 Å². The first kappa shape index (κ1) is 16.8. The van der Waals surface area contributed by atoms with E-state index in [-0.39, 0.29) is 18.1 Å². The third-order valence-electron chi connectivity index (χ3n) is 4.38. The molecule has 0 bridgehead atoms.